The van der Waals surface area contributed by atoms with Crippen LogP contribution in [0.1, 0.15) is 271 Å². The van der Waals surface area contributed by atoms with Crippen LogP contribution in [0.5, 0.6) is 0 Å². The summed E-state index contributed by atoms with van der Waals surface area (Å²) in [7, 11) is 0. The topological polar surface area (TPSA) is 70.2 Å². The highest BCUT2D eigenvalue weighted by Gasteiger charge is 2.03. The Balaban J connectivity index is 3.21. The predicted octanol–water partition coefficient (Wildman–Crippen LogP) is 14.5. The van der Waals surface area contributed by atoms with E-state index in [9.17, 15) is 9.59 Å². The van der Waals surface area contributed by atoms with E-state index >= 15 is 0 Å². The first-order chi connectivity index (χ1) is 26.2. The van der Waals surface area contributed by atoms with E-state index in [2.05, 4.69) is 29.8 Å². The molecular weight excluding hydrogens is 651 g/mol. The molecule has 53 heavy (non-hydrogen) atoms. The number of unbranched alkanes of at least 4 members (excludes halogenated alkanes) is 34. The van der Waals surface area contributed by atoms with E-state index in [1.165, 1.54) is 218 Å². The second-order valence-electron chi connectivity index (χ2n) is 16.7. The lowest BCUT2D eigenvalue weighted by Crippen LogP contribution is -2.24. The van der Waals surface area contributed by atoms with Gasteiger partial charge in [-0.3, -0.25) is 9.59 Å². The molecule has 3 N–H and O–H groups in total. The first-order valence-corrected chi connectivity index (χ1v) is 24.4. The summed E-state index contributed by atoms with van der Waals surface area (Å²) < 4.78 is 0. The average Bonchev–Trinajstić information content (AvgIpc) is 3.16. The van der Waals surface area contributed by atoms with E-state index < -0.39 is 0 Å². The van der Waals surface area contributed by atoms with Crippen LogP contribution in [0.3, 0.4) is 0 Å². The lowest BCUT2D eigenvalue weighted by Gasteiger charge is -2.07. The van der Waals surface area contributed by atoms with Gasteiger partial charge in [-0.2, -0.15) is 0 Å². The van der Waals surface area contributed by atoms with E-state index in [0.717, 1.165) is 51.9 Å². The molecule has 0 aromatic rings. The Labute approximate surface area is 333 Å². The van der Waals surface area contributed by atoms with Crippen molar-refractivity contribution in [3.05, 3.63) is 0 Å². The minimum Gasteiger partial charge on any atom is -0.356 e. The maximum Gasteiger partial charge on any atom is 0.219 e. The van der Waals surface area contributed by atoms with Crippen molar-refractivity contribution in [1.29, 1.82) is 0 Å². The maximum atomic E-state index is 12.1. The molecule has 0 heterocycles. The predicted molar refractivity (Wildman–Crippen MR) is 235 cm³/mol. The summed E-state index contributed by atoms with van der Waals surface area (Å²) in [5.41, 5.74) is 0. The van der Waals surface area contributed by atoms with Gasteiger partial charge in [0, 0.05) is 25.9 Å². The highest BCUT2D eigenvalue weighted by Crippen LogP contribution is 2.15. The Bertz CT molecular complexity index is 657. The van der Waals surface area contributed by atoms with E-state index in [0.29, 0.717) is 12.8 Å². The second kappa shape index (κ2) is 47.1. The van der Waals surface area contributed by atoms with Crippen LogP contribution in [0.25, 0.3) is 0 Å². The molecule has 0 saturated carbocycles. The molecule has 0 spiro atoms. The molecule has 5 nitrogen and oxygen atoms in total. The van der Waals surface area contributed by atoms with E-state index in [4.69, 9.17) is 0 Å². The first-order valence-electron chi connectivity index (χ1n) is 24.4. The molecule has 0 aliphatic rings. The first kappa shape index (κ1) is 51.9. The zero-order chi connectivity index (χ0) is 38.4. The Morgan fingerprint density at radius 2 is 0.472 bits per heavy atom. The quantitative estimate of drug-likeness (QED) is 0.0543. The summed E-state index contributed by atoms with van der Waals surface area (Å²) in [6.07, 6.45) is 51.8. The highest BCUT2D eigenvalue weighted by atomic mass is 16.2. The third-order valence-corrected chi connectivity index (χ3v) is 11.2. The van der Waals surface area contributed by atoms with Crippen molar-refractivity contribution in [3.63, 3.8) is 0 Å². The van der Waals surface area contributed by atoms with Gasteiger partial charge in [-0.1, -0.05) is 219 Å². The Morgan fingerprint density at radius 3 is 0.736 bits per heavy atom. The molecule has 0 aliphatic heterocycles. The molecule has 5 heteroatoms. The number of hydrogen-bond donors (Lipinski definition) is 3. The van der Waals surface area contributed by atoms with Crippen LogP contribution in [0, 0.1) is 0 Å². The molecule has 2 amide bonds. The second-order valence-corrected chi connectivity index (χ2v) is 16.7. The molecule has 0 aromatic heterocycles. The number of amides is 2. The fourth-order valence-corrected chi connectivity index (χ4v) is 7.53. The van der Waals surface area contributed by atoms with Crippen LogP contribution in [-0.2, 0) is 9.59 Å². The summed E-state index contributed by atoms with van der Waals surface area (Å²) >= 11 is 0. The Hall–Kier alpha value is -1.10. The molecule has 0 bridgehead atoms. The summed E-state index contributed by atoms with van der Waals surface area (Å²) in [5.74, 6) is 0.498. The minimum atomic E-state index is 0.249. The van der Waals surface area contributed by atoms with Gasteiger partial charge in [0.05, 0.1) is 0 Å². The van der Waals surface area contributed by atoms with Crippen molar-refractivity contribution in [2.45, 2.75) is 271 Å². The van der Waals surface area contributed by atoms with E-state index in [1.54, 1.807) is 0 Å². The van der Waals surface area contributed by atoms with Crippen LogP contribution in [0.2, 0.25) is 0 Å². The van der Waals surface area contributed by atoms with Crippen molar-refractivity contribution in [1.82, 2.24) is 16.0 Å². The van der Waals surface area contributed by atoms with Gasteiger partial charge in [-0.15, -0.1) is 0 Å². The van der Waals surface area contributed by atoms with Gasteiger partial charge in [0.15, 0.2) is 0 Å². The molecule has 0 atom stereocenters. The number of carbonyl (C=O) groups excluding carboxylic acids is 2. The normalized spacial score (nSPS) is 11.4. The lowest BCUT2D eigenvalue weighted by molar-refractivity contribution is -0.122. The third-order valence-electron chi connectivity index (χ3n) is 11.2. The molecule has 316 valence electrons. The van der Waals surface area contributed by atoms with Gasteiger partial charge in [-0.25, -0.2) is 0 Å². The molecular formula is C48H97N3O2. The highest BCUT2D eigenvalue weighted by molar-refractivity contribution is 5.76. The van der Waals surface area contributed by atoms with Gasteiger partial charge in [0.2, 0.25) is 11.8 Å². The zero-order valence-corrected chi connectivity index (χ0v) is 36.4. The Kier molecular flexibility index (Phi) is 46.1. The fraction of sp³-hybridized carbons (Fsp3) is 0.958. The van der Waals surface area contributed by atoms with E-state index in [-0.39, 0.29) is 11.8 Å². The monoisotopic (exact) mass is 748 g/mol. The van der Waals surface area contributed by atoms with Crippen molar-refractivity contribution < 1.29 is 9.59 Å². The van der Waals surface area contributed by atoms with Gasteiger partial charge in [-0.05, 0) is 51.6 Å². The van der Waals surface area contributed by atoms with Crippen LogP contribution >= 0.6 is 0 Å². The summed E-state index contributed by atoms with van der Waals surface area (Å²) in [5, 5.41) is 9.85. The molecule has 0 aromatic carbocycles. The summed E-state index contributed by atoms with van der Waals surface area (Å²) in [4.78, 5) is 24.2. The molecule has 0 aliphatic carbocycles. The van der Waals surface area contributed by atoms with Crippen LogP contribution in [0.15, 0.2) is 0 Å². The van der Waals surface area contributed by atoms with Gasteiger partial charge in [0.25, 0.3) is 0 Å². The SMILES string of the molecule is CCCCCCCCCCCCCCCCCC(=O)NCCCCCCNCCCCCCNC(=O)CCCCCCCCCCCCCCCCC. The number of rotatable bonds is 46. The number of hydrogen-bond acceptors (Lipinski definition) is 3. The van der Waals surface area contributed by atoms with Crippen molar-refractivity contribution in [2.75, 3.05) is 26.2 Å². The van der Waals surface area contributed by atoms with Gasteiger partial charge >= 0.3 is 0 Å². The number of carbonyl (C=O) groups is 2. The minimum absolute atomic E-state index is 0.249. The van der Waals surface area contributed by atoms with Crippen LogP contribution in [0.4, 0.5) is 0 Å². The van der Waals surface area contributed by atoms with Crippen molar-refractivity contribution in [2.24, 2.45) is 0 Å². The number of nitrogens with one attached hydrogen (secondary N) is 3. The third kappa shape index (κ3) is 47.0. The molecule has 0 radical (unpaired) electrons. The van der Waals surface area contributed by atoms with Crippen LogP contribution in [-0.4, -0.2) is 38.0 Å². The maximum absolute atomic E-state index is 12.1. The lowest BCUT2D eigenvalue weighted by atomic mass is 10.0. The van der Waals surface area contributed by atoms with Gasteiger partial charge < -0.3 is 16.0 Å². The molecule has 0 fully saturated rings. The van der Waals surface area contributed by atoms with E-state index in [1.807, 2.05) is 0 Å². The summed E-state index contributed by atoms with van der Waals surface area (Å²) in [6.45, 7) is 8.45. The molecule has 0 unspecified atom stereocenters. The zero-order valence-electron chi connectivity index (χ0n) is 36.4. The van der Waals surface area contributed by atoms with Gasteiger partial charge in [0.1, 0.15) is 0 Å². The molecule has 0 saturated heterocycles. The smallest absolute Gasteiger partial charge is 0.219 e. The standard InChI is InChI=1S/C48H97N3O2/c1-3-5-7-9-11-13-15-17-19-21-23-25-27-29-35-41-47(52)50-45-39-33-31-37-43-49-44-38-32-34-40-46-51-48(53)42-36-30-28-26-24-22-20-18-16-14-12-10-8-6-4-2/h49H,3-46H2,1-2H3,(H,50,52)(H,51,53). The Morgan fingerprint density at radius 1 is 0.264 bits per heavy atom. The van der Waals surface area contributed by atoms with Crippen molar-refractivity contribution >= 4 is 11.8 Å². The molecule has 0 rings (SSSR count). The summed E-state index contributed by atoms with van der Waals surface area (Å²) in [6, 6.07) is 0. The average molecular weight is 748 g/mol. The largest absolute Gasteiger partial charge is 0.356 e. The fourth-order valence-electron chi connectivity index (χ4n) is 7.53. The van der Waals surface area contributed by atoms with Crippen LogP contribution < -0.4 is 16.0 Å². The van der Waals surface area contributed by atoms with Crippen molar-refractivity contribution in [3.8, 4) is 0 Å².